The normalized spacial score (nSPS) is 16.9. The number of hydrogen-bond donors (Lipinski definition) is 1. The third-order valence-electron chi connectivity index (χ3n) is 4.41. The zero-order valence-corrected chi connectivity index (χ0v) is 15.2. The smallest absolute Gasteiger partial charge is 0.338 e. The number of nitriles is 1. The zero-order chi connectivity index (χ0) is 19.7. The predicted octanol–water partition coefficient (Wildman–Crippen LogP) is 2.75. The Balaban J connectivity index is 2.25. The fourth-order valence-corrected chi connectivity index (χ4v) is 3.21. The van der Waals surface area contributed by atoms with Crippen molar-refractivity contribution in [2.75, 3.05) is 6.61 Å². The summed E-state index contributed by atoms with van der Waals surface area (Å²) in [6, 6.07) is 8.60. The summed E-state index contributed by atoms with van der Waals surface area (Å²) in [6.45, 7) is 5.26. The molecule has 1 unspecified atom stereocenters. The number of benzene rings is 1. The summed E-state index contributed by atoms with van der Waals surface area (Å²) in [4.78, 5) is 24.2. The van der Waals surface area contributed by atoms with Crippen molar-refractivity contribution in [2.45, 2.75) is 26.7 Å². The maximum atomic E-state index is 12.5. The van der Waals surface area contributed by atoms with Gasteiger partial charge in [0.05, 0.1) is 18.1 Å². The Bertz CT molecular complexity index is 1100. The van der Waals surface area contributed by atoms with Gasteiger partial charge in [0.25, 0.3) is 0 Å². The maximum Gasteiger partial charge on any atom is 0.338 e. The fourth-order valence-electron chi connectivity index (χ4n) is 3.21. The van der Waals surface area contributed by atoms with E-state index in [0.717, 1.165) is 10.9 Å². The maximum absolute atomic E-state index is 12.5. The first-order chi connectivity index (χ1) is 12.9. The number of carbonyl (C=O) groups excluding carboxylic acids is 1. The standard InChI is InChI=1S/C20H18N2O5/c1-4-25-20(24)17-11(3)26-19(22)14(9-21)18(17)12-5-6-13-10(2)7-16(23)27-15(13)8-12/h5-8,18H,4,22H2,1-3H3. The van der Waals surface area contributed by atoms with Gasteiger partial charge in [-0.3, -0.25) is 0 Å². The third kappa shape index (κ3) is 3.17. The van der Waals surface area contributed by atoms with E-state index in [2.05, 4.69) is 0 Å². The molecule has 2 aromatic rings. The Labute approximate surface area is 155 Å². The van der Waals surface area contributed by atoms with Gasteiger partial charge in [-0.1, -0.05) is 12.1 Å². The molecular formula is C20H18N2O5. The number of rotatable bonds is 3. The lowest BCUT2D eigenvalue weighted by Gasteiger charge is -2.26. The lowest BCUT2D eigenvalue weighted by molar-refractivity contribution is -0.139. The van der Waals surface area contributed by atoms with Crippen LogP contribution in [-0.2, 0) is 14.3 Å². The molecule has 0 saturated carbocycles. The first-order valence-electron chi connectivity index (χ1n) is 8.37. The van der Waals surface area contributed by atoms with Crippen LogP contribution in [0.25, 0.3) is 11.0 Å². The molecule has 1 aromatic carbocycles. The van der Waals surface area contributed by atoms with Crippen LogP contribution in [0.15, 0.2) is 56.3 Å². The number of hydrogen-bond acceptors (Lipinski definition) is 7. The van der Waals surface area contributed by atoms with Gasteiger partial charge in [0.15, 0.2) is 0 Å². The minimum absolute atomic E-state index is 0.0705. The summed E-state index contributed by atoms with van der Waals surface area (Å²) in [7, 11) is 0. The number of carbonyl (C=O) groups is 1. The molecule has 0 radical (unpaired) electrons. The number of nitrogens with zero attached hydrogens (tertiary/aromatic N) is 1. The van der Waals surface area contributed by atoms with Crippen molar-refractivity contribution in [2.24, 2.45) is 5.73 Å². The van der Waals surface area contributed by atoms with Crippen LogP contribution in [0, 0.1) is 18.3 Å². The SMILES string of the molecule is CCOC(=O)C1=C(C)OC(N)=C(C#N)C1c1ccc2c(C)cc(=O)oc2c1. The molecule has 7 heteroatoms. The van der Waals surface area contributed by atoms with Gasteiger partial charge in [0.1, 0.15) is 23.0 Å². The van der Waals surface area contributed by atoms with Gasteiger partial charge in [-0.2, -0.15) is 5.26 Å². The van der Waals surface area contributed by atoms with E-state index in [9.17, 15) is 14.9 Å². The predicted molar refractivity (Wildman–Crippen MR) is 97.2 cm³/mol. The topological polar surface area (TPSA) is 116 Å². The lowest BCUT2D eigenvalue weighted by atomic mass is 9.82. The minimum Gasteiger partial charge on any atom is -0.463 e. The van der Waals surface area contributed by atoms with E-state index in [0.29, 0.717) is 11.1 Å². The van der Waals surface area contributed by atoms with Crippen molar-refractivity contribution in [1.82, 2.24) is 0 Å². The highest BCUT2D eigenvalue weighted by molar-refractivity contribution is 5.93. The summed E-state index contributed by atoms with van der Waals surface area (Å²) in [5.41, 5.74) is 7.40. The summed E-state index contributed by atoms with van der Waals surface area (Å²) in [5.74, 6) is -1.18. The van der Waals surface area contributed by atoms with Crippen LogP contribution in [0.5, 0.6) is 0 Å². The van der Waals surface area contributed by atoms with Gasteiger partial charge >= 0.3 is 11.6 Å². The van der Waals surface area contributed by atoms with E-state index in [1.807, 2.05) is 6.07 Å². The Morgan fingerprint density at radius 1 is 1.33 bits per heavy atom. The quantitative estimate of drug-likeness (QED) is 0.656. The first kappa shape index (κ1) is 18.3. The first-order valence-corrected chi connectivity index (χ1v) is 8.37. The molecule has 138 valence electrons. The number of ether oxygens (including phenoxy) is 2. The van der Waals surface area contributed by atoms with Crippen LogP contribution in [0.2, 0.25) is 0 Å². The fraction of sp³-hybridized carbons (Fsp3) is 0.250. The van der Waals surface area contributed by atoms with Gasteiger partial charge < -0.3 is 19.6 Å². The second-order valence-corrected chi connectivity index (χ2v) is 6.12. The van der Waals surface area contributed by atoms with E-state index < -0.39 is 17.5 Å². The Morgan fingerprint density at radius 3 is 2.74 bits per heavy atom. The molecule has 0 saturated heterocycles. The number of fused-ring (bicyclic) bond motifs is 1. The van der Waals surface area contributed by atoms with Crippen molar-refractivity contribution in [3.63, 3.8) is 0 Å². The van der Waals surface area contributed by atoms with Crippen LogP contribution >= 0.6 is 0 Å². The van der Waals surface area contributed by atoms with Crippen molar-refractivity contribution < 1.29 is 18.7 Å². The largest absolute Gasteiger partial charge is 0.463 e. The molecule has 0 aliphatic carbocycles. The molecule has 0 bridgehead atoms. The molecule has 1 aliphatic heterocycles. The number of allylic oxidation sites excluding steroid dienone is 2. The van der Waals surface area contributed by atoms with E-state index >= 15 is 0 Å². The van der Waals surface area contributed by atoms with Gasteiger partial charge in [-0.05, 0) is 38.0 Å². The second-order valence-electron chi connectivity index (χ2n) is 6.12. The van der Waals surface area contributed by atoms with E-state index in [1.54, 1.807) is 39.0 Å². The number of esters is 1. The van der Waals surface area contributed by atoms with Crippen LogP contribution < -0.4 is 11.4 Å². The average molecular weight is 366 g/mol. The van der Waals surface area contributed by atoms with Crippen molar-refractivity contribution in [3.05, 3.63) is 68.6 Å². The summed E-state index contributed by atoms with van der Waals surface area (Å²) < 4.78 is 15.8. The molecule has 1 atom stereocenters. The molecule has 0 spiro atoms. The van der Waals surface area contributed by atoms with Crippen LogP contribution in [0.1, 0.15) is 30.9 Å². The van der Waals surface area contributed by atoms with Crippen molar-refractivity contribution >= 4 is 16.9 Å². The van der Waals surface area contributed by atoms with Crippen molar-refractivity contribution in [1.29, 1.82) is 5.26 Å². The van der Waals surface area contributed by atoms with Gasteiger partial charge in [-0.25, -0.2) is 9.59 Å². The van der Waals surface area contributed by atoms with Crippen molar-refractivity contribution in [3.8, 4) is 6.07 Å². The molecule has 7 nitrogen and oxygen atoms in total. The number of aryl methyl sites for hydroxylation is 1. The second kappa shape index (κ2) is 7.00. The lowest BCUT2D eigenvalue weighted by Crippen LogP contribution is -2.25. The third-order valence-corrected chi connectivity index (χ3v) is 4.41. The highest BCUT2D eigenvalue weighted by Crippen LogP contribution is 2.40. The Morgan fingerprint density at radius 2 is 2.07 bits per heavy atom. The summed E-state index contributed by atoms with van der Waals surface area (Å²) in [6.07, 6.45) is 0. The zero-order valence-electron chi connectivity index (χ0n) is 15.2. The Kier molecular flexibility index (Phi) is 4.74. The highest BCUT2D eigenvalue weighted by Gasteiger charge is 2.36. The minimum atomic E-state index is -0.780. The molecule has 2 heterocycles. The van der Waals surface area contributed by atoms with Gasteiger partial charge in [0.2, 0.25) is 5.88 Å². The molecule has 0 fully saturated rings. The van der Waals surface area contributed by atoms with Crippen LogP contribution in [-0.4, -0.2) is 12.6 Å². The monoisotopic (exact) mass is 366 g/mol. The Hall–Kier alpha value is -3.53. The van der Waals surface area contributed by atoms with E-state index in [1.165, 1.54) is 6.07 Å². The highest BCUT2D eigenvalue weighted by atomic mass is 16.5. The number of nitrogens with two attached hydrogens (primary N) is 1. The average Bonchev–Trinajstić information content (AvgIpc) is 2.60. The molecular weight excluding hydrogens is 348 g/mol. The van der Waals surface area contributed by atoms with E-state index in [-0.39, 0.29) is 29.4 Å². The molecule has 1 aromatic heterocycles. The van der Waals surface area contributed by atoms with E-state index in [4.69, 9.17) is 19.6 Å². The molecule has 0 amide bonds. The van der Waals surface area contributed by atoms with Crippen LogP contribution in [0.4, 0.5) is 0 Å². The van der Waals surface area contributed by atoms with Gasteiger partial charge in [0, 0.05) is 11.5 Å². The molecule has 1 aliphatic rings. The molecule has 2 N–H and O–H groups in total. The summed E-state index contributed by atoms with van der Waals surface area (Å²) >= 11 is 0. The van der Waals surface area contributed by atoms with Crippen LogP contribution in [0.3, 0.4) is 0 Å². The molecule has 3 rings (SSSR count). The molecule has 27 heavy (non-hydrogen) atoms. The van der Waals surface area contributed by atoms with Gasteiger partial charge in [-0.15, -0.1) is 0 Å². The summed E-state index contributed by atoms with van der Waals surface area (Å²) in [5, 5.41) is 10.4.